The summed E-state index contributed by atoms with van der Waals surface area (Å²) in [5.41, 5.74) is 5.98. The molecular weight excluding hydrogens is 242 g/mol. The summed E-state index contributed by atoms with van der Waals surface area (Å²) in [4.78, 5) is 6.43. The average molecular weight is 267 g/mol. The molecule has 2 N–H and O–H groups in total. The van der Waals surface area contributed by atoms with E-state index in [0.717, 1.165) is 0 Å². The second-order valence-corrected chi connectivity index (χ2v) is 6.08. The zero-order valence-corrected chi connectivity index (χ0v) is 12.3. The molecule has 0 aliphatic carbocycles. The van der Waals surface area contributed by atoms with Crippen molar-refractivity contribution >= 4 is 11.3 Å². The van der Waals surface area contributed by atoms with Crippen molar-refractivity contribution in [3.05, 3.63) is 22.4 Å². The van der Waals surface area contributed by atoms with E-state index in [9.17, 15) is 0 Å². The highest BCUT2D eigenvalue weighted by Gasteiger charge is 2.27. The van der Waals surface area contributed by atoms with Crippen molar-refractivity contribution in [3.8, 4) is 0 Å². The lowest BCUT2D eigenvalue weighted by molar-refractivity contribution is 0.102. The maximum absolute atomic E-state index is 5.98. The number of hydrogen-bond acceptors (Lipinski definition) is 4. The first kappa shape index (κ1) is 14.0. The first-order valence-corrected chi connectivity index (χ1v) is 7.82. The van der Waals surface area contributed by atoms with Crippen LogP contribution in [0.2, 0.25) is 0 Å². The van der Waals surface area contributed by atoms with Gasteiger partial charge in [-0.1, -0.05) is 13.0 Å². The van der Waals surface area contributed by atoms with Crippen LogP contribution in [-0.2, 0) is 0 Å². The van der Waals surface area contributed by atoms with Crippen LogP contribution in [0.15, 0.2) is 17.5 Å². The molecule has 1 saturated heterocycles. The summed E-state index contributed by atoms with van der Waals surface area (Å²) in [6.07, 6.45) is 2.54. The largest absolute Gasteiger partial charge is 0.329 e. The summed E-state index contributed by atoms with van der Waals surface area (Å²) in [6.45, 7) is 6.60. The summed E-state index contributed by atoms with van der Waals surface area (Å²) >= 11 is 1.82. The molecule has 2 rings (SSSR count). The Balaban J connectivity index is 1.96. The van der Waals surface area contributed by atoms with Crippen LogP contribution in [0, 0.1) is 0 Å². The molecule has 0 bridgehead atoms. The average Bonchev–Trinajstić information content (AvgIpc) is 2.93. The van der Waals surface area contributed by atoms with E-state index in [1.807, 2.05) is 11.3 Å². The monoisotopic (exact) mass is 267 g/mol. The van der Waals surface area contributed by atoms with Crippen LogP contribution in [0.3, 0.4) is 0 Å². The van der Waals surface area contributed by atoms with Gasteiger partial charge < -0.3 is 10.6 Å². The lowest BCUT2D eigenvalue weighted by atomic mass is 10.0. The molecule has 1 fully saturated rings. The Hall–Kier alpha value is -0.420. The number of piperidine rings is 1. The maximum atomic E-state index is 5.98. The Bertz CT molecular complexity index is 331. The highest BCUT2D eigenvalue weighted by atomic mass is 32.1. The SMILES string of the molecule is CCN1CCC(N(C)C(CN)c2cccs2)CC1. The van der Waals surface area contributed by atoms with E-state index in [0.29, 0.717) is 18.6 Å². The van der Waals surface area contributed by atoms with E-state index < -0.39 is 0 Å². The van der Waals surface area contributed by atoms with Crippen molar-refractivity contribution in [3.63, 3.8) is 0 Å². The van der Waals surface area contributed by atoms with Crippen LogP contribution < -0.4 is 5.73 Å². The molecule has 102 valence electrons. The Morgan fingerprint density at radius 1 is 1.50 bits per heavy atom. The fourth-order valence-electron chi connectivity index (χ4n) is 2.86. The predicted octanol–water partition coefficient (Wildman–Crippen LogP) is 2.16. The van der Waals surface area contributed by atoms with Gasteiger partial charge in [-0.25, -0.2) is 0 Å². The van der Waals surface area contributed by atoms with E-state index >= 15 is 0 Å². The number of nitrogens with zero attached hydrogens (tertiary/aromatic N) is 2. The topological polar surface area (TPSA) is 32.5 Å². The fourth-order valence-corrected chi connectivity index (χ4v) is 3.75. The molecule has 1 aliphatic heterocycles. The summed E-state index contributed by atoms with van der Waals surface area (Å²) < 4.78 is 0. The van der Waals surface area contributed by atoms with Gasteiger partial charge in [0.25, 0.3) is 0 Å². The van der Waals surface area contributed by atoms with E-state index in [2.05, 4.69) is 41.3 Å². The zero-order valence-electron chi connectivity index (χ0n) is 11.5. The molecule has 3 nitrogen and oxygen atoms in total. The number of likely N-dealkylation sites (tertiary alicyclic amines) is 1. The molecule has 1 aromatic heterocycles. The van der Waals surface area contributed by atoms with E-state index in [1.54, 1.807) is 0 Å². The van der Waals surface area contributed by atoms with Crippen LogP contribution in [0.5, 0.6) is 0 Å². The van der Waals surface area contributed by atoms with Gasteiger partial charge in [-0.05, 0) is 51.0 Å². The summed E-state index contributed by atoms with van der Waals surface area (Å²) in [7, 11) is 2.24. The summed E-state index contributed by atoms with van der Waals surface area (Å²) in [6, 6.07) is 5.40. The molecule has 1 atom stereocenters. The molecule has 2 heterocycles. The molecule has 0 amide bonds. The lowest BCUT2D eigenvalue weighted by Gasteiger charge is -2.39. The minimum Gasteiger partial charge on any atom is -0.329 e. The van der Waals surface area contributed by atoms with E-state index in [-0.39, 0.29) is 0 Å². The minimum absolute atomic E-state index is 0.392. The van der Waals surface area contributed by atoms with Crippen molar-refractivity contribution in [2.45, 2.75) is 31.8 Å². The van der Waals surface area contributed by atoms with Crippen LogP contribution in [-0.4, -0.2) is 49.1 Å². The van der Waals surface area contributed by atoms with Gasteiger partial charge in [0.05, 0.1) is 6.04 Å². The van der Waals surface area contributed by atoms with Crippen molar-refractivity contribution < 1.29 is 0 Å². The van der Waals surface area contributed by atoms with Gasteiger partial charge in [0.1, 0.15) is 0 Å². The van der Waals surface area contributed by atoms with Gasteiger partial charge in [-0.2, -0.15) is 0 Å². The molecule has 4 heteroatoms. The highest BCUT2D eigenvalue weighted by Crippen LogP contribution is 2.27. The number of hydrogen-bond donors (Lipinski definition) is 1. The normalized spacial score (nSPS) is 20.4. The van der Waals surface area contributed by atoms with Crippen molar-refractivity contribution in [2.75, 3.05) is 33.2 Å². The Kier molecular flexibility index (Phi) is 5.18. The fraction of sp³-hybridized carbons (Fsp3) is 0.714. The number of thiophene rings is 1. The quantitative estimate of drug-likeness (QED) is 0.887. The van der Waals surface area contributed by atoms with Gasteiger partial charge in [-0.15, -0.1) is 11.3 Å². The third-order valence-electron chi connectivity index (χ3n) is 4.17. The summed E-state index contributed by atoms with van der Waals surface area (Å²) in [5.74, 6) is 0. The molecule has 1 aliphatic rings. The Morgan fingerprint density at radius 3 is 2.72 bits per heavy atom. The van der Waals surface area contributed by atoms with E-state index in [4.69, 9.17) is 5.73 Å². The van der Waals surface area contributed by atoms with Gasteiger partial charge >= 0.3 is 0 Å². The Morgan fingerprint density at radius 2 is 2.22 bits per heavy atom. The van der Waals surface area contributed by atoms with Crippen LogP contribution in [0.25, 0.3) is 0 Å². The van der Waals surface area contributed by atoms with Gasteiger partial charge in [0.15, 0.2) is 0 Å². The van der Waals surface area contributed by atoms with Crippen molar-refractivity contribution in [1.29, 1.82) is 0 Å². The molecule has 0 saturated carbocycles. The standard InChI is InChI=1S/C14H25N3S/c1-3-17-8-6-12(7-9-17)16(2)13(11-15)14-5-4-10-18-14/h4-5,10,12-13H,3,6-9,11,15H2,1-2H3. The first-order chi connectivity index (χ1) is 8.76. The maximum Gasteiger partial charge on any atom is 0.0564 e. The van der Waals surface area contributed by atoms with Crippen LogP contribution in [0.4, 0.5) is 0 Å². The smallest absolute Gasteiger partial charge is 0.0564 e. The van der Waals surface area contributed by atoms with Gasteiger partial charge in [-0.3, -0.25) is 4.90 Å². The number of nitrogens with two attached hydrogens (primary N) is 1. The number of rotatable bonds is 5. The lowest BCUT2D eigenvalue weighted by Crippen LogP contribution is -2.45. The molecule has 18 heavy (non-hydrogen) atoms. The predicted molar refractivity (Wildman–Crippen MR) is 79.0 cm³/mol. The molecule has 0 aromatic carbocycles. The highest BCUT2D eigenvalue weighted by molar-refractivity contribution is 7.10. The third-order valence-corrected chi connectivity index (χ3v) is 5.14. The first-order valence-electron chi connectivity index (χ1n) is 6.94. The van der Waals surface area contributed by atoms with Crippen LogP contribution in [0.1, 0.15) is 30.7 Å². The zero-order chi connectivity index (χ0) is 13.0. The number of likely N-dealkylation sites (N-methyl/N-ethyl adjacent to an activating group) is 1. The molecule has 1 unspecified atom stereocenters. The summed E-state index contributed by atoms with van der Waals surface area (Å²) in [5, 5.41) is 2.14. The molecule has 1 aromatic rings. The van der Waals surface area contributed by atoms with Gasteiger partial charge in [0.2, 0.25) is 0 Å². The van der Waals surface area contributed by atoms with Gasteiger partial charge in [0, 0.05) is 17.5 Å². The second-order valence-electron chi connectivity index (χ2n) is 5.10. The van der Waals surface area contributed by atoms with E-state index in [1.165, 1.54) is 37.4 Å². The Labute approximate surface area is 115 Å². The molecular formula is C14H25N3S. The molecule has 0 radical (unpaired) electrons. The van der Waals surface area contributed by atoms with Crippen molar-refractivity contribution in [1.82, 2.24) is 9.80 Å². The minimum atomic E-state index is 0.392. The third kappa shape index (κ3) is 3.12. The van der Waals surface area contributed by atoms with Crippen LogP contribution >= 0.6 is 11.3 Å². The van der Waals surface area contributed by atoms with Crippen molar-refractivity contribution in [2.24, 2.45) is 5.73 Å². The second kappa shape index (κ2) is 6.66. The molecule has 0 spiro atoms.